The minimum atomic E-state index is 0.266. The first-order valence-electron chi connectivity index (χ1n) is 4.64. The zero-order valence-corrected chi connectivity index (χ0v) is 9.49. The third-order valence-electron chi connectivity index (χ3n) is 1.39. The second-order valence-electron chi connectivity index (χ2n) is 5.91. The van der Waals surface area contributed by atoms with Crippen LogP contribution in [-0.4, -0.2) is 7.28 Å². The van der Waals surface area contributed by atoms with Crippen molar-refractivity contribution in [3.63, 3.8) is 0 Å². The van der Waals surface area contributed by atoms with E-state index >= 15 is 0 Å². The Bertz CT molecular complexity index is 137. The average molecular weight is 165 g/mol. The van der Waals surface area contributed by atoms with Gasteiger partial charge in [-0.05, 0) is 11.8 Å². The molecule has 0 saturated heterocycles. The van der Waals surface area contributed by atoms with Gasteiger partial charge in [0.1, 0.15) is 0 Å². The summed E-state index contributed by atoms with van der Waals surface area (Å²) >= 11 is 0. The maximum absolute atomic E-state index is 4.07. The normalized spacial score (nSPS) is 12.8. The minimum Gasteiger partial charge on any atom is -0.115 e. The van der Waals surface area contributed by atoms with Crippen LogP contribution in [0.4, 0.5) is 0 Å². The van der Waals surface area contributed by atoms with Gasteiger partial charge in [-0.2, -0.15) is 0 Å². The lowest BCUT2D eigenvalue weighted by Gasteiger charge is -2.24. The van der Waals surface area contributed by atoms with Gasteiger partial charge in [0.15, 0.2) is 7.28 Å². The van der Waals surface area contributed by atoms with Gasteiger partial charge in [-0.3, -0.25) is 0 Å². The molecule has 0 bridgehead atoms. The third kappa shape index (κ3) is 7.91. The van der Waals surface area contributed by atoms with Gasteiger partial charge in [-0.15, -0.1) is 12.1 Å². The summed E-state index contributed by atoms with van der Waals surface area (Å²) in [7, 11) is 2.26. The van der Waals surface area contributed by atoms with Crippen molar-refractivity contribution >= 4 is 7.28 Å². The van der Waals surface area contributed by atoms with Crippen LogP contribution in [-0.2, 0) is 0 Å². The smallest absolute Gasteiger partial charge is 0.115 e. The highest BCUT2D eigenvalue weighted by molar-refractivity contribution is 6.48. The van der Waals surface area contributed by atoms with Gasteiger partial charge < -0.3 is 0 Å². The molecule has 0 heterocycles. The molecular formula is C11H22B. The van der Waals surface area contributed by atoms with E-state index in [1.807, 2.05) is 0 Å². The maximum Gasteiger partial charge on any atom is 0.151 e. The molecule has 1 radical (unpaired) electrons. The van der Waals surface area contributed by atoms with E-state index in [1.54, 1.807) is 0 Å². The standard InChI is InChI=1S/C11H22B/c1-9(8-10(2,3)4)12-11(5,6)7/h1,8H2,2-7H3. The Morgan fingerprint density at radius 2 is 1.50 bits per heavy atom. The van der Waals surface area contributed by atoms with Crippen LogP contribution in [0.2, 0.25) is 5.31 Å². The van der Waals surface area contributed by atoms with Gasteiger partial charge in [0.2, 0.25) is 0 Å². The van der Waals surface area contributed by atoms with Gasteiger partial charge >= 0.3 is 0 Å². The molecule has 12 heavy (non-hydrogen) atoms. The molecule has 0 atom stereocenters. The number of hydrogen-bond donors (Lipinski definition) is 0. The summed E-state index contributed by atoms with van der Waals surface area (Å²) in [6.07, 6.45) is 1.09. The van der Waals surface area contributed by atoms with Gasteiger partial charge in [0.05, 0.1) is 0 Å². The van der Waals surface area contributed by atoms with E-state index in [1.165, 1.54) is 5.47 Å². The molecule has 0 aliphatic carbocycles. The molecule has 0 aliphatic heterocycles. The SMILES string of the molecule is C=C([B]C(C)(C)C)CC(C)(C)C. The van der Waals surface area contributed by atoms with Crippen molar-refractivity contribution in [2.24, 2.45) is 5.41 Å². The van der Waals surface area contributed by atoms with E-state index in [2.05, 4.69) is 55.4 Å². The molecular weight excluding hydrogens is 143 g/mol. The van der Waals surface area contributed by atoms with E-state index in [0.717, 1.165) is 6.42 Å². The molecule has 0 saturated carbocycles. The molecule has 0 fully saturated rings. The molecule has 0 rings (SSSR count). The number of allylic oxidation sites excluding steroid dienone is 1. The first-order valence-corrected chi connectivity index (χ1v) is 4.64. The molecule has 0 aliphatic rings. The maximum atomic E-state index is 4.07. The van der Waals surface area contributed by atoms with Crippen LogP contribution in [0.5, 0.6) is 0 Å². The lowest BCUT2D eigenvalue weighted by Crippen LogP contribution is -2.15. The van der Waals surface area contributed by atoms with Gasteiger partial charge in [-0.25, -0.2) is 0 Å². The Morgan fingerprint density at radius 3 is 1.75 bits per heavy atom. The fraction of sp³-hybridized carbons (Fsp3) is 0.818. The molecule has 0 aromatic rings. The molecule has 0 unspecified atom stereocenters. The predicted octanol–water partition coefficient (Wildman–Crippen LogP) is 3.86. The van der Waals surface area contributed by atoms with Crippen molar-refractivity contribution in [2.75, 3.05) is 0 Å². The van der Waals surface area contributed by atoms with E-state index < -0.39 is 0 Å². The topological polar surface area (TPSA) is 0 Å². The van der Waals surface area contributed by atoms with E-state index in [9.17, 15) is 0 Å². The Morgan fingerprint density at radius 1 is 1.08 bits per heavy atom. The summed E-state index contributed by atoms with van der Waals surface area (Å²) in [6, 6.07) is 0. The third-order valence-corrected chi connectivity index (χ3v) is 1.39. The van der Waals surface area contributed by atoms with Crippen LogP contribution in [0.3, 0.4) is 0 Å². The fourth-order valence-electron chi connectivity index (χ4n) is 1.34. The second-order valence-corrected chi connectivity index (χ2v) is 5.91. The second kappa shape index (κ2) is 3.68. The summed E-state index contributed by atoms with van der Waals surface area (Å²) < 4.78 is 0. The highest BCUT2D eigenvalue weighted by Crippen LogP contribution is 2.29. The Labute approximate surface area is 78.7 Å². The Hall–Kier alpha value is -0.195. The van der Waals surface area contributed by atoms with Crippen molar-refractivity contribution in [1.29, 1.82) is 0 Å². The van der Waals surface area contributed by atoms with Crippen molar-refractivity contribution in [1.82, 2.24) is 0 Å². The molecule has 0 aromatic carbocycles. The summed E-state index contributed by atoms with van der Waals surface area (Å²) in [4.78, 5) is 0. The summed E-state index contributed by atoms with van der Waals surface area (Å²) in [6.45, 7) is 17.4. The number of rotatable bonds is 2. The summed E-state index contributed by atoms with van der Waals surface area (Å²) in [5.74, 6) is 0. The van der Waals surface area contributed by atoms with Crippen LogP contribution >= 0.6 is 0 Å². The van der Waals surface area contributed by atoms with Crippen molar-refractivity contribution in [2.45, 2.75) is 53.3 Å². The van der Waals surface area contributed by atoms with Crippen LogP contribution in [0.25, 0.3) is 0 Å². The first kappa shape index (κ1) is 11.8. The summed E-state index contributed by atoms with van der Waals surface area (Å²) in [5.41, 5.74) is 1.62. The fourth-order valence-corrected chi connectivity index (χ4v) is 1.34. The Kier molecular flexibility index (Phi) is 3.62. The van der Waals surface area contributed by atoms with Crippen LogP contribution < -0.4 is 0 Å². The van der Waals surface area contributed by atoms with Crippen molar-refractivity contribution in [3.8, 4) is 0 Å². The molecule has 0 spiro atoms. The monoisotopic (exact) mass is 165 g/mol. The molecule has 0 amide bonds. The van der Waals surface area contributed by atoms with Crippen LogP contribution in [0.1, 0.15) is 48.0 Å². The first-order chi connectivity index (χ1) is 5.10. The zero-order valence-electron chi connectivity index (χ0n) is 9.49. The van der Waals surface area contributed by atoms with Crippen LogP contribution in [0.15, 0.2) is 12.1 Å². The van der Waals surface area contributed by atoms with Gasteiger partial charge in [0, 0.05) is 0 Å². The minimum absolute atomic E-state index is 0.266. The van der Waals surface area contributed by atoms with E-state index in [4.69, 9.17) is 0 Å². The summed E-state index contributed by atoms with van der Waals surface area (Å²) in [5, 5.41) is 0.266. The van der Waals surface area contributed by atoms with Crippen molar-refractivity contribution in [3.05, 3.63) is 12.1 Å². The van der Waals surface area contributed by atoms with E-state index in [-0.39, 0.29) is 5.31 Å². The average Bonchev–Trinajstić information content (AvgIpc) is 1.49. The predicted molar refractivity (Wildman–Crippen MR) is 58.7 cm³/mol. The lowest BCUT2D eigenvalue weighted by atomic mass is 9.49. The molecule has 69 valence electrons. The van der Waals surface area contributed by atoms with E-state index in [0.29, 0.717) is 5.41 Å². The quantitative estimate of drug-likeness (QED) is 0.545. The molecule has 0 N–H and O–H groups in total. The van der Waals surface area contributed by atoms with Crippen molar-refractivity contribution < 1.29 is 0 Å². The Balaban J connectivity index is 3.92. The highest BCUT2D eigenvalue weighted by atomic mass is 14.1. The number of hydrogen-bond acceptors (Lipinski definition) is 0. The van der Waals surface area contributed by atoms with Gasteiger partial charge in [-0.1, -0.05) is 46.9 Å². The molecule has 1 heteroatoms. The molecule has 0 nitrogen and oxygen atoms in total. The van der Waals surface area contributed by atoms with Crippen LogP contribution in [0, 0.1) is 5.41 Å². The zero-order chi connectivity index (χ0) is 9.99. The highest BCUT2D eigenvalue weighted by Gasteiger charge is 2.18. The lowest BCUT2D eigenvalue weighted by molar-refractivity contribution is 0.416. The molecule has 0 aromatic heterocycles. The van der Waals surface area contributed by atoms with Gasteiger partial charge in [0.25, 0.3) is 0 Å². The largest absolute Gasteiger partial charge is 0.151 e.